The van der Waals surface area contributed by atoms with Crippen LogP contribution < -0.4 is 0 Å². The van der Waals surface area contributed by atoms with E-state index in [1.807, 2.05) is 36.4 Å². The molecule has 1 aliphatic carbocycles. The first-order valence-electron chi connectivity index (χ1n) is 5.84. The molecule has 86 valence electrons. The standard InChI is InChI=1S/C17H12O/c1-3-11-9-10-12(4-2)16-15(11)13-7-5-6-8-14(13)17(16)18/h3-10H,1-2H2. The molecular formula is C17H12O. The Morgan fingerprint density at radius 2 is 1.33 bits per heavy atom. The molecule has 0 amide bonds. The second kappa shape index (κ2) is 3.81. The van der Waals surface area contributed by atoms with E-state index in [-0.39, 0.29) is 5.78 Å². The lowest BCUT2D eigenvalue weighted by atomic mass is 9.95. The van der Waals surface area contributed by atoms with Crippen molar-refractivity contribution in [2.45, 2.75) is 0 Å². The fourth-order valence-electron chi connectivity index (χ4n) is 2.54. The molecule has 0 unspecified atom stereocenters. The van der Waals surface area contributed by atoms with Gasteiger partial charge >= 0.3 is 0 Å². The molecule has 18 heavy (non-hydrogen) atoms. The van der Waals surface area contributed by atoms with E-state index in [9.17, 15) is 4.79 Å². The van der Waals surface area contributed by atoms with Crippen molar-refractivity contribution in [2.24, 2.45) is 0 Å². The molecule has 1 heteroatoms. The maximum absolute atomic E-state index is 12.5. The predicted octanol–water partition coefficient (Wildman–Crippen LogP) is 4.18. The number of hydrogen-bond acceptors (Lipinski definition) is 1. The minimum absolute atomic E-state index is 0.0826. The SMILES string of the molecule is C=Cc1ccc(C=C)c2c1C(=O)c1ccccc1-2. The molecule has 2 aromatic carbocycles. The smallest absolute Gasteiger partial charge is 0.194 e. The van der Waals surface area contributed by atoms with Gasteiger partial charge in [0, 0.05) is 16.7 Å². The number of benzene rings is 2. The van der Waals surface area contributed by atoms with Crippen LogP contribution in [0.15, 0.2) is 49.6 Å². The molecular weight excluding hydrogens is 220 g/mol. The van der Waals surface area contributed by atoms with Crippen molar-refractivity contribution in [3.63, 3.8) is 0 Å². The maximum atomic E-state index is 12.5. The van der Waals surface area contributed by atoms with E-state index in [4.69, 9.17) is 0 Å². The van der Waals surface area contributed by atoms with Crippen molar-refractivity contribution < 1.29 is 4.79 Å². The van der Waals surface area contributed by atoms with Gasteiger partial charge in [-0.3, -0.25) is 4.79 Å². The zero-order valence-electron chi connectivity index (χ0n) is 9.94. The van der Waals surface area contributed by atoms with Crippen molar-refractivity contribution in [3.05, 3.63) is 71.8 Å². The van der Waals surface area contributed by atoms with E-state index in [1.54, 1.807) is 12.2 Å². The van der Waals surface area contributed by atoms with Crippen LogP contribution in [-0.2, 0) is 0 Å². The third-order valence-electron chi connectivity index (χ3n) is 3.38. The Balaban J connectivity index is 2.47. The fourth-order valence-corrected chi connectivity index (χ4v) is 2.54. The summed E-state index contributed by atoms with van der Waals surface area (Å²) in [6, 6.07) is 11.6. The molecule has 0 heterocycles. The minimum Gasteiger partial charge on any atom is -0.289 e. The highest BCUT2D eigenvalue weighted by atomic mass is 16.1. The lowest BCUT2D eigenvalue weighted by Gasteiger charge is -2.07. The Bertz CT molecular complexity index is 693. The summed E-state index contributed by atoms with van der Waals surface area (Å²) in [4.78, 5) is 12.5. The van der Waals surface area contributed by atoms with Crippen LogP contribution in [0.3, 0.4) is 0 Å². The molecule has 0 bridgehead atoms. The summed E-state index contributed by atoms with van der Waals surface area (Å²) in [6.45, 7) is 7.61. The first kappa shape index (κ1) is 10.7. The molecule has 2 aromatic rings. The molecule has 0 fully saturated rings. The molecule has 0 N–H and O–H groups in total. The van der Waals surface area contributed by atoms with Gasteiger partial charge in [0.25, 0.3) is 0 Å². The van der Waals surface area contributed by atoms with E-state index in [0.717, 1.165) is 33.4 Å². The van der Waals surface area contributed by atoms with Gasteiger partial charge in [0.1, 0.15) is 0 Å². The highest BCUT2D eigenvalue weighted by Gasteiger charge is 2.29. The zero-order chi connectivity index (χ0) is 12.7. The number of carbonyl (C=O) groups excluding carboxylic acids is 1. The van der Waals surface area contributed by atoms with E-state index >= 15 is 0 Å². The summed E-state index contributed by atoms with van der Waals surface area (Å²) in [7, 11) is 0. The van der Waals surface area contributed by atoms with Gasteiger partial charge < -0.3 is 0 Å². The largest absolute Gasteiger partial charge is 0.289 e. The van der Waals surface area contributed by atoms with E-state index in [0.29, 0.717) is 0 Å². The number of fused-ring (bicyclic) bond motifs is 3. The molecule has 1 nitrogen and oxygen atoms in total. The number of carbonyl (C=O) groups is 1. The number of ketones is 1. The van der Waals surface area contributed by atoms with Crippen LogP contribution in [0.1, 0.15) is 27.0 Å². The van der Waals surface area contributed by atoms with Crippen molar-refractivity contribution in [1.82, 2.24) is 0 Å². The van der Waals surface area contributed by atoms with Gasteiger partial charge in [-0.2, -0.15) is 0 Å². The molecule has 0 radical (unpaired) electrons. The molecule has 0 spiro atoms. The van der Waals surface area contributed by atoms with Gasteiger partial charge in [0.05, 0.1) is 0 Å². The second-order valence-corrected chi connectivity index (χ2v) is 4.28. The number of rotatable bonds is 2. The van der Waals surface area contributed by atoms with Crippen LogP contribution in [0.4, 0.5) is 0 Å². The first-order chi connectivity index (χ1) is 8.77. The monoisotopic (exact) mass is 232 g/mol. The fraction of sp³-hybridized carbons (Fsp3) is 0. The van der Waals surface area contributed by atoms with E-state index in [1.165, 1.54) is 0 Å². The average Bonchev–Trinajstić information content (AvgIpc) is 2.73. The second-order valence-electron chi connectivity index (χ2n) is 4.28. The zero-order valence-corrected chi connectivity index (χ0v) is 9.94. The summed E-state index contributed by atoms with van der Waals surface area (Å²) in [5.74, 6) is 0.0826. The van der Waals surface area contributed by atoms with Gasteiger partial charge in [0.2, 0.25) is 0 Å². The molecule has 0 aliphatic heterocycles. The Hall–Kier alpha value is -2.41. The summed E-state index contributed by atoms with van der Waals surface area (Å²) in [5, 5.41) is 0. The molecule has 3 rings (SSSR count). The number of hydrogen-bond donors (Lipinski definition) is 0. The van der Waals surface area contributed by atoms with E-state index < -0.39 is 0 Å². The third-order valence-corrected chi connectivity index (χ3v) is 3.38. The Kier molecular flexibility index (Phi) is 2.27. The van der Waals surface area contributed by atoms with Gasteiger partial charge in [-0.05, 0) is 16.7 Å². The summed E-state index contributed by atoms with van der Waals surface area (Å²) in [6.07, 6.45) is 3.52. The lowest BCUT2D eigenvalue weighted by molar-refractivity contribution is 0.104. The molecule has 0 saturated heterocycles. The van der Waals surface area contributed by atoms with Crippen LogP contribution >= 0.6 is 0 Å². The Morgan fingerprint density at radius 1 is 0.778 bits per heavy atom. The van der Waals surface area contributed by atoms with Crippen LogP contribution in [0.25, 0.3) is 23.3 Å². The molecule has 0 aromatic heterocycles. The third kappa shape index (κ3) is 1.25. The quantitative estimate of drug-likeness (QED) is 0.647. The Labute approximate surface area is 106 Å². The highest BCUT2D eigenvalue weighted by molar-refractivity contribution is 6.24. The van der Waals surface area contributed by atoms with Crippen LogP contribution in [0.5, 0.6) is 0 Å². The summed E-state index contributed by atoms with van der Waals surface area (Å²) in [5.41, 5.74) is 5.39. The van der Waals surface area contributed by atoms with Crippen LogP contribution in [0, 0.1) is 0 Å². The molecule has 0 atom stereocenters. The van der Waals surface area contributed by atoms with Gasteiger partial charge in [-0.1, -0.05) is 61.7 Å². The van der Waals surface area contributed by atoms with Crippen molar-refractivity contribution in [3.8, 4) is 11.1 Å². The maximum Gasteiger partial charge on any atom is 0.194 e. The first-order valence-corrected chi connectivity index (χ1v) is 5.84. The predicted molar refractivity (Wildman–Crippen MR) is 75.5 cm³/mol. The van der Waals surface area contributed by atoms with Gasteiger partial charge in [-0.25, -0.2) is 0 Å². The van der Waals surface area contributed by atoms with Crippen LogP contribution in [0.2, 0.25) is 0 Å². The molecule has 0 saturated carbocycles. The van der Waals surface area contributed by atoms with Gasteiger partial charge in [0.15, 0.2) is 5.78 Å². The van der Waals surface area contributed by atoms with Crippen molar-refractivity contribution in [1.29, 1.82) is 0 Å². The topological polar surface area (TPSA) is 17.1 Å². The van der Waals surface area contributed by atoms with Crippen LogP contribution in [-0.4, -0.2) is 5.78 Å². The Morgan fingerprint density at radius 3 is 1.94 bits per heavy atom. The highest BCUT2D eigenvalue weighted by Crippen LogP contribution is 2.41. The summed E-state index contributed by atoms with van der Waals surface area (Å²) < 4.78 is 0. The summed E-state index contributed by atoms with van der Waals surface area (Å²) >= 11 is 0. The van der Waals surface area contributed by atoms with E-state index in [2.05, 4.69) is 13.2 Å². The van der Waals surface area contributed by atoms with Crippen molar-refractivity contribution >= 4 is 17.9 Å². The minimum atomic E-state index is 0.0826. The molecule has 1 aliphatic rings. The normalized spacial score (nSPS) is 11.9. The van der Waals surface area contributed by atoms with Gasteiger partial charge in [-0.15, -0.1) is 0 Å². The lowest BCUT2D eigenvalue weighted by Crippen LogP contribution is -1.98. The van der Waals surface area contributed by atoms with Crippen molar-refractivity contribution in [2.75, 3.05) is 0 Å². The average molecular weight is 232 g/mol.